The molecule has 0 aliphatic rings. The summed E-state index contributed by atoms with van der Waals surface area (Å²) < 4.78 is 6.84. The largest absolute Gasteiger partial charge is 0.444 e. The number of nitrogens with zero attached hydrogens (tertiary/aromatic N) is 2. The van der Waals surface area contributed by atoms with Crippen molar-refractivity contribution in [3.05, 3.63) is 42.7 Å². The lowest BCUT2D eigenvalue weighted by Gasteiger charge is -2.23. The maximum atomic E-state index is 12.1. The van der Waals surface area contributed by atoms with E-state index in [4.69, 9.17) is 4.74 Å². The molecule has 7 nitrogen and oxygen atoms in total. The van der Waals surface area contributed by atoms with Crippen LogP contribution in [-0.4, -0.2) is 40.5 Å². The average Bonchev–Trinajstić information content (AvgIpc) is 3.01. The minimum atomic E-state index is -0.789. The molecule has 0 spiro atoms. The molecule has 0 bridgehead atoms. The van der Waals surface area contributed by atoms with E-state index < -0.39 is 17.7 Å². The van der Waals surface area contributed by atoms with Gasteiger partial charge in [0.05, 0.1) is 12.7 Å². The van der Waals surface area contributed by atoms with Gasteiger partial charge in [-0.25, -0.2) is 4.79 Å². The first kappa shape index (κ1) is 18.5. The van der Waals surface area contributed by atoms with Gasteiger partial charge >= 0.3 is 6.09 Å². The fourth-order valence-corrected chi connectivity index (χ4v) is 2.25. The normalized spacial score (nSPS) is 12.3. The molecule has 2 amide bonds. The molecule has 25 heavy (non-hydrogen) atoms. The number of hydrogen-bond donors (Lipinski definition) is 2. The van der Waals surface area contributed by atoms with Crippen LogP contribution in [-0.2, 0) is 16.1 Å². The first-order chi connectivity index (χ1) is 11.8. The van der Waals surface area contributed by atoms with Crippen LogP contribution in [0.25, 0.3) is 11.1 Å². The molecule has 1 atom stereocenters. The van der Waals surface area contributed by atoms with Gasteiger partial charge < -0.3 is 15.4 Å². The first-order valence-electron chi connectivity index (χ1n) is 8.07. The molecule has 0 radical (unpaired) electrons. The molecule has 0 fully saturated rings. The summed E-state index contributed by atoms with van der Waals surface area (Å²) >= 11 is 0. The molecule has 0 saturated heterocycles. The molecule has 7 heteroatoms. The molecule has 0 aliphatic heterocycles. The molecule has 134 valence electrons. The van der Waals surface area contributed by atoms with E-state index in [1.165, 1.54) is 7.05 Å². The van der Waals surface area contributed by atoms with Crippen LogP contribution in [0.2, 0.25) is 0 Å². The summed E-state index contributed by atoms with van der Waals surface area (Å²) in [5, 5.41) is 9.40. The van der Waals surface area contributed by atoms with Crippen molar-refractivity contribution >= 4 is 12.0 Å². The fraction of sp³-hybridized carbons (Fsp3) is 0.389. The molecule has 0 unspecified atom stereocenters. The summed E-state index contributed by atoms with van der Waals surface area (Å²) in [6.45, 7) is 5.50. The Morgan fingerprint density at radius 1 is 1.20 bits per heavy atom. The van der Waals surface area contributed by atoms with E-state index in [2.05, 4.69) is 15.7 Å². The van der Waals surface area contributed by atoms with Gasteiger partial charge in [-0.1, -0.05) is 30.3 Å². The zero-order chi connectivity index (χ0) is 18.4. The Kier molecular flexibility index (Phi) is 5.80. The third kappa shape index (κ3) is 5.63. The second-order valence-corrected chi connectivity index (χ2v) is 6.63. The van der Waals surface area contributed by atoms with Gasteiger partial charge in [0.15, 0.2) is 0 Å². The van der Waals surface area contributed by atoms with Crippen LogP contribution >= 0.6 is 0 Å². The smallest absolute Gasteiger partial charge is 0.408 e. The Balaban J connectivity index is 2.08. The van der Waals surface area contributed by atoms with Crippen molar-refractivity contribution in [1.29, 1.82) is 0 Å². The van der Waals surface area contributed by atoms with Crippen molar-refractivity contribution < 1.29 is 14.3 Å². The predicted octanol–water partition coefficient (Wildman–Crippen LogP) is 2.19. The second kappa shape index (κ2) is 7.83. The van der Waals surface area contributed by atoms with E-state index >= 15 is 0 Å². The number of hydrogen-bond acceptors (Lipinski definition) is 4. The van der Waals surface area contributed by atoms with Crippen LogP contribution in [0.5, 0.6) is 0 Å². The molecule has 0 aliphatic carbocycles. The summed E-state index contributed by atoms with van der Waals surface area (Å²) in [6, 6.07) is 9.02. The summed E-state index contributed by atoms with van der Waals surface area (Å²) in [7, 11) is 1.52. The molecule has 1 aromatic heterocycles. The van der Waals surface area contributed by atoms with Gasteiger partial charge in [0.25, 0.3) is 0 Å². The standard InChI is InChI=1S/C18H24N4O3/c1-18(2,3)25-17(24)21-15(16(23)19-4)12-22-11-14(10-20-22)13-8-6-5-7-9-13/h5-11,15H,12H2,1-4H3,(H,19,23)(H,21,24)/t15-/m0/s1. The third-order valence-electron chi connectivity index (χ3n) is 3.36. The van der Waals surface area contributed by atoms with Crippen LogP contribution in [0.15, 0.2) is 42.7 Å². The minimum absolute atomic E-state index is 0.200. The molecule has 2 rings (SSSR count). The zero-order valence-electron chi connectivity index (χ0n) is 14.9. The Bertz CT molecular complexity index is 719. The maximum Gasteiger partial charge on any atom is 0.408 e. The summed E-state index contributed by atoms with van der Waals surface area (Å²) in [5.74, 6) is -0.317. The average molecular weight is 344 g/mol. The predicted molar refractivity (Wildman–Crippen MR) is 94.9 cm³/mol. The van der Waals surface area contributed by atoms with Gasteiger partial charge in [0.1, 0.15) is 11.6 Å². The fourth-order valence-electron chi connectivity index (χ4n) is 2.25. The molecule has 2 aromatic rings. The number of likely N-dealkylation sites (N-methyl/N-ethyl adjacent to an activating group) is 1. The number of carbonyl (C=O) groups excluding carboxylic acids is 2. The number of alkyl carbamates (subject to hydrolysis) is 1. The van der Waals surface area contributed by atoms with Gasteiger partial charge in [-0.15, -0.1) is 0 Å². The number of aromatic nitrogens is 2. The summed E-state index contributed by atoms with van der Waals surface area (Å²) in [6.07, 6.45) is 2.92. The van der Waals surface area contributed by atoms with Gasteiger partial charge in [-0.2, -0.15) is 5.10 Å². The lowest BCUT2D eigenvalue weighted by molar-refractivity contribution is -0.123. The Hall–Kier alpha value is -2.83. The Morgan fingerprint density at radius 2 is 1.88 bits per heavy atom. The van der Waals surface area contributed by atoms with Crippen molar-refractivity contribution in [3.8, 4) is 11.1 Å². The molecule has 0 saturated carbocycles. The van der Waals surface area contributed by atoms with Gasteiger partial charge in [0, 0.05) is 18.8 Å². The number of carbonyl (C=O) groups is 2. The Morgan fingerprint density at radius 3 is 2.48 bits per heavy atom. The highest BCUT2D eigenvalue weighted by atomic mass is 16.6. The summed E-state index contributed by atoms with van der Waals surface area (Å²) in [4.78, 5) is 24.0. The van der Waals surface area contributed by atoms with E-state index in [-0.39, 0.29) is 12.5 Å². The number of ether oxygens (including phenoxy) is 1. The van der Waals surface area contributed by atoms with E-state index in [1.807, 2.05) is 36.5 Å². The van der Waals surface area contributed by atoms with Crippen molar-refractivity contribution in [2.24, 2.45) is 0 Å². The zero-order valence-corrected chi connectivity index (χ0v) is 14.9. The van der Waals surface area contributed by atoms with E-state index in [0.717, 1.165) is 11.1 Å². The summed E-state index contributed by atoms with van der Waals surface area (Å²) in [5.41, 5.74) is 1.34. The highest BCUT2D eigenvalue weighted by Crippen LogP contribution is 2.17. The molecule has 1 heterocycles. The molecule has 1 aromatic carbocycles. The number of benzene rings is 1. The second-order valence-electron chi connectivity index (χ2n) is 6.63. The van der Waals surface area contributed by atoms with E-state index in [0.29, 0.717) is 0 Å². The monoisotopic (exact) mass is 344 g/mol. The topological polar surface area (TPSA) is 85.3 Å². The van der Waals surface area contributed by atoms with Crippen LogP contribution in [0, 0.1) is 0 Å². The number of rotatable bonds is 5. The van der Waals surface area contributed by atoms with Crippen molar-refractivity contribution in [3.63, 3.8) is 0 Å². The van der Waals surface area contributed by atoms with Gasteiger partial charge in [0.2, 0.25) is 5.91 Å². The lowest BCUT2D eigenvalue weighted by atomic mass is 10.1. The highest BCUT2D eigenvalue weighted by Gasteiger charge is 2.24. The SMILES string of the molecule is CNC(=O)[C@H](Cn1cc(-c2ccccc2)cn1)NC(=O)OC(C)(C)C. The van der Waals surface area contributed by atoms with Crippen molar-refractivity contribution in [1.82, 2.24) is 20.4 Å². The molecule has 2 N–H and O–H groups in total. The third-order valence-corrected chi connectivity index (χ3v) is 3.36. The lowest BCUT2D eigenvalue weighted by Crippen LogP contribution is -2.49. The van der Waals surface area contributed by atoms with Crippen LogP contribution in [0.3, 0.4) is 0 Å². The maximum absolute atomic E-state index is 12.1. The molecular weight excluding hydrogens is 320 g/mol. The van der Waals surface area contributed by atoms with Crippen LogP contribution < -0.4 is 10.6 Å². The van der Waals surface area contributed by atoms with Crippen molar-refractivity contribution in [2.75, 3.05) is 7.05 Å². The first-order valence-corrected chi connectivity index (χ1v) is 8.07. The van der Waals surface area contributed by atoms with E-state index in [9.17, 15) is 9.59 Å². The number of amides is 2. The highest BCUT2D eigenvalue weighted by molar-refractivity contribution is 5.85. The van der Waals surface area contributed by atoms with Crippen LogP contribution in [0.4, 0.5) is 4.79 Å². The Labute approximate surface area is 147 Å². The minimum Gasteiger partial charge on any atom is -0.444 e. The van der Waals surface area contributed by atoms with Crippen LogP contribution in [0.1, 0.15) is 20.8 Å². The molecular formula is C18H24N4O3. The van der Waals surface area contributed by atoms with E-state index in [1.54, 1.807) is 31.6 Å². The van der Waals surface area contributed by atoms with Gasteiger partial charge in [-0.05, 0) is 26.3 Å². The van der Waals surface area contributed by atoms with Crippen molar-refractivity contribution in [2.45, 2.75) is 39.0 Å². The number of nitrogens with one attached hydrogen (secondary N) is 2. The quantitative estimate of drug-likeness (QED) is 0.871. The van der Waals surface area contributed by atoms with Gasteiger partial charge in [-0.3, -0.25) is 9.48 Å².